The molecule has 1 amide bonds. The quantitative estimate of drug-likeness (QED) is 0.802. The second-order valence-electron chi connectivity index (χ2n) is 4.63. The van der Waals surface area contributed by atoms with E-state index >= 15 is 0 Å². The molecule has 0 unspecified atom stereocenters. The van der Waals surface area contributed by atoms with Crippen LogP contribution in [0, 0.1) is 13.8 Å². The Bertz CT molecular complexity index is 584. The summed E-state index contributed by atoms with van der Waals surface area (Å²) in [6.45, 7) is 3.77. The summed E-state index contributed by atoms with van der Waals surface area (Å²) in [4.78, 5) is 20.1. The molecule has 2 aromatic rings. The first-order valence-corrected chi connectivity index (χ1v) is 7.78. The molecule has 0 aliphatic carbocycles. The molecular weight excluding hydrogens is 284 g/mol. The third-order valence-electron chi connectivity index (χ3n) is 2.64. The number of aromatic nitrogens is 2. The van der Waals surface area contributed by atoms with Crippen molar-refractivity contribution in [1.29, 1.82) is 0 Å². The van der Waals surface area contributed by atoms with E-state index in [1.165, 1.54) is 5.56 Å². The van der Waals surface area contributed by atoms with Crippen molar-refractivity contribution < 1.29 is 4.79 Å². The molecule has 110 valence electrons. The van der Waals surface area contributed by atoms with Gasteiger partial charge in [0.25, 0.3) is 0 Å². The fourth-order valence-electron chi connectivity index (χ4n) is 1.78. The van der Waals surface area contributed by atoms with Gasteiger partial charge in [-0.15, -0.1) is 11.8 Å². The maximum absolute atomic E-state index is 11.7. The smallest absolute Gasteiger partial charge is 0.248 e. The second-order valence-corrected chi connectivity index (χ2v) is 5.61. The minimum absolute atomic E-state index is 0.0984. The highest BCUT2D eigenvalue weighted by Gasteiger charge is 2.03. The molecule has 0 spiro atoms. The van der Waals surface area contributed by atoms with Gasteiger partial charge < -0.3 is 0 Å². The molecule has 0 saturated heterocycles. The van der Waals surface area contributed by atoms with E-state index in [1.807, 2.05) is 50.2 Å². The molecule has 0 aliphatic heterocycles. The van der Waals surface area contributed by atoms with Crippen molar-refractivity contribution in [3.8, 4) is 0 Å². The number of carbonyl (C=O) groups is 1. The molecular formula is C15H18N4OS. The lowest BCUT2D eigenvalue weighted by Crippen LogP contribution is -2.32. The molecule has 1 aromatic heterocycles. The lowest BCUT2D eigenvalue weighted by molar-refractivity contribution is -0.118. The summed E-state index contributed by atoms with van der Waals surface area (Å²) in [5, 5.41) is 0. The van der Waals surface area contributed by atoms with Crippen molar-refractivity contribution in [3.63, 3.8) is 0 Å². The molecule has 5 nitrogen and oxygen atoms in total. The Hall–Kier alpha value is -2.08. The maximum Gasteiger partial charge on any atom is 0.248 e. The van der Waals surface area contributed by atoms with Crippen LogP contribution in [-0.2, 0) is 10.5 Å². The van der Waals surface area contributed by atoms with Crippen LogP contribution in [0.5, 0.6) is 0 Å². The predicted octanol–water partition coefficient (Wildman–Crippen LogP) is 2.47. The highest BCUT2D eigenvalue weighted by molar-refractivity contribution is 7.99. The number of rotatable bonds is 6. The van der Waals surface area contributed by atoms with E-state index in [2.05, 4.69) is 20.8 Å². The summed E-state index contributed by atoms with van der Waals surface area (Å²) in [5.41, 5.74) is 8.27. The van der Waals surface area contributed by atoms with Crippen LogP contribution < -0.4 is 10.9 Å². The summed E-state index contributed by atoms with van der Waals surface area (Å²) in [6.07, 6.45) is 0. The van der Waals surface area contributed by atoms with Crippen LogP contribution in [0.25, 0.3) is 0 Å². The molecule has 21 heavy (non-hydrogen) atoms. The summed E-state index contributed by atoms with van der Waals surface area (Å²) in [5.74, 6) is 1.51. The molecule has 2 N–H and O–H groups in total. The first-order chi connectivity index (χ1) is 10.1. The Balaban J connectivity index is 1.72. The van der Waals surface area contributed by atoms with Gasteiger partial charge in [-0.25, -0.2) is 9.97 Å². The van der Waals surface area contributed by atoms with Gasteiger partial charge in [0.05, 0.1) is 5.75 Å². The Morgan fingerprint density at radius 2 is 1.81 bits per heavy atom. The van der Waals surface area contributed by atoms with Gasteiger partial charge in [0.1, 0.15) is 0 Å². The normalized spacial score (nSPS) is 10.2. The van der Waals surface area contributed by atoms with Crippen LogP contribution in [0.1, 0.15) is 17.0 Å². The largest absolute Gasteiger partial charge is 0.272 e. The van der Waals surface area contributed by atoms with Crippen LogP contribution in [0.3, 0.4) is 0 Å². The lowest BCUT2D eigenvalue weighted by atomic mass is 10.2. The molecule has 0 radical (unpaired) electrons. The molecule has 0 atom stereocenters. The highest BCUT2D eigenvalue weighted by Crippen LogP contribution is 2.11. The molecule has 0 bridgehead atoms. The first kappa shape index (κ1) is 15.3. The number of anilines is 1. The Kier molecular flexibility index (Phi) is 5.57. The summed E-state index contributed by atoms with van der Waals surface area (Å²) in [6, 6.07) is 11.9. The number of hydrogen-bond donors (Lipinski definition) is 2. The zero-order valence-electron chi connectivity index (χ0n) is 12.1. The van der Waals surface area contributed by atoms with Gasteiger partial charge in [-0.3, -0.25) is 15.6 Å². The fourth-order valence-corrected chi connectivity index (χ4v) is 2.57. The van der Waals surface area contributed by atoms with Crippen LogP contribution in [0.15, 0.2) is 36.4 Å². The Morgan fingerprint density at radius 3 is 2.48 bits per heavy atom. The number of nitrogens with zero attached hydrogens (tertiary/aromatic N) is 2. The SMILES string of the molecule is Cc1cc(C)nc(NNC(=O)CSCc2ccccc2)n1. The molecule has 0 fully saturated rings. The van der Waals surface area contributed by atoms with E-state index < -0.39 is 0 Å². The fraction of sp³-hybridized carbons (Fsp3) is 0.267. The van der Waals surface area contributed by atoms with E-state index in [1.54, 1.807) is 11.8 Å². The van der Waals surface area contributed by atoms with Crippen molar-refractivity contribution in [2.75, 3.05) is 11.2 Å². The number of hydrazine groups is 1. The summed E-state index contributed by atoms with van der Waals surface area (Å²) in [7, 11) is 0. The zero-order valence-corrected chi connectivity index (χ0v) is 12.9. The minimum atomic E-state index is -0.0984. The van der Waals surface area contributed by atoms with Crippen molar-refractivity contribution in [2.45, 2.75) is 19.6 Å². The Morgan fingerprint density at radius 1 is 1.14 bits per heavy atom. The average molecular weight is 302 g/mol. The Labute approximate surface area is 128 Å². The number of benzene rings is 1. The molecule has 0 aliphatic rings. The highest BCUT2D eigenvalue weighted by atomic mass is 32.2. The van der Waals surface area contributed by atoms with Crippen LogP contribution in [0.4, 0.5) is 5.95 Å². The number of aryl methyl sites for hydroxylation is 2. The number of nitrogens with one attached hydrogen (secondary N) is 2. The average Bonchev–Trinajstić information content (AvgIpc) is 2.45. The topological polar surface area (TPSA) is 66.9 Å². The van der Waals surface area contributed by atoms with Crippen LogP contribution in [-0.4, -0.2) is 21.6 Å². The molecule has 0 saturated carbocycles. The zero-order chi connectivity index (χ0) is 15.1. The van der Waals surface area contributed by atoms with Gasteiger partial charge >= 0.3 is 0 Å². The van der Waals surface area contributed by atoms with Gasteiger partial charge in [0, 0.05) is 17.1 Å². The third-order valence-corrected chi connectivity index (χ3v) is 3.64. The van der Waals surface area contributed by atoms with E-state index in [0.717, 1.165) is 17.1 Å². The van der Waals surface area contributed by atoms with Crippen LogP contribution in [0.2, 0.25) is 0 Å². The summed E-state index contributed by atoms with van der Waals surface area (Å²) < 4.78 is 0. The predicted molar refractivity (Wildman–Crippen MR) is 85.9 cm³/mol. The minimum Gasteiger partial charge on any atom is -0.272 e. The monoisotopic (exact) mass is 302 g/mol. The van der Waals surface area contributed by atoms with E-state index in [-0.39, 0.29) is 5.91 Å². The number of hydrogen-bond acceptors (Lipinski definition) is 5. The molecule has 2 rings (SSSR count). The summed E-state index contributed by atoms with van der Waals surface area (Å²) >= 11 is 1.56. The third kappa shape index (κ3) is 5.43. The van der Waals surface area contributed by atoms with Gasteiger partial charge in [0.15, 0.2) is 0 Å². The number of amides is 1. The van der Waals surface area contributed by atoms with Gasteiger partial charge in [-0.2, -0.15) is 0 Å². The maximum atomic E-state index is 11.7. The van der Waals surface area contributed by atoms with Crippen molar-refractivity contribution in [1.82, 2.24) is 15.4 Å². The number of carbonyl (C=O) groups excluding carboxylic acids is 1. The molecule has 1 aromatic carbocycles. The van der Waals surface area contributed by atoms with Crippen LogP contribution >= 0.6 is 11.8 Å². The number of thioether (sulfide) groups is 1. The van der Waals surface area contributed by atoms with Gasteiger partial charge in [-0.1, -0.05) is 30.3 Å². The van der Waals surface area contributed by atoms with E-state index in [9.17, 15) is 4.79 Å². The molecule has 6 heteroatoms. The lowest BCUT2D eigenvalue weighted by Gasteiger charge is -2.08. The van der Waals surface area contributed by atoms with Gasteiger partial charge in [-0.05, 0) is 25.5 Å². The van der Waals surface area contributed by atoms with Crippen molar-refractivity contribution in [2.24, 2.45) is 0 Å². The van der Waals surface area contributed by atoms with E-state index in [0.29, 0.717) is 11.7 Å². The van der Waals surface area contributed by atoms with Gasteiger partial charge in [0.2, 0.25) is 11.9 Å². The standard InChI is InChI=1S/C15H18N4OS/c1-11-8-12(2)17-15(16-11)19-18-14(20)10-21-9-13-6-4-3-5-7-13/h3-8H,9-10H2,1-2H3,(H,18,20)(H,16,17,19). The van der Waals surface area contributed by atoms with Crippen molar-refractivity contribution >= 4 is 23.6 Å². The van der Waals surface area contributed by atoms with E-state index in [4.69, 9.17) is 0 Å². The molecule has 1 heterocycles. The first-order valence-electron chi connectivity index (χ1n) is 6.62. The second kappa shape index (κ2) is 7.64. The van der Waals surface area contributed by atoms with Crippen molar-refractivity contribution in [3.05, 3.63) is 53.3 Å².